The van der Waals surface area contributed by atoms with Crippen LogP contribution in [-0.2, 0) is 35.8 Å². The van der Waals surface area contributed by atoms with Gasteiger partial charge in [-0.25, -0.2) is 0 Å². The minimum atomic E-state index is 0. The van der Waals surface area contributed by atoms with Crippen LogP contribution in [0.1, 0.15) is 0 Å². The van der Waals surface area contributed by atoms with Crippen LogP contribution in [0.15, 0.2) is 24.8 Å². The standard InChI is InChI=1S/C5H6O.3CO.Fe/c1-2-3-4-5-6;3*1-2;/h2-5H,1H2;;;;/b4-3+;;;;. The third-order valence-corrected chi connectivity index (χ3v) is 0.326. The smallest absolute Gasteiger partial charge is 0 e. The van der Waals surface area contributed by atoms with E-state index in [1.165, 1.54) is 6.08 Å². The molecule has 4 nitrogen and oxygen atoms in total. The van der Waals surface area contributed by atoms with Crippen molar-refractivity contribution in [2.45, 2.75) is 0 Å². The van der Waals surface area contributed by atoms with Gasteiger partial charge in [-0.15, -0.1) is 0 Å². The van der Waals surface area contributed by atoms with E-state index in [2.05, 4.69) is 26.5 Å². The summed E-state index contributed by atoms with van der Waals surface area (Å²) in [5.74, 6) is 0. The molecule has 0 aromatic carbocycles. The van der Waals surface area contributed by atoms with Crippen molar-refractivity contribution in [2.75, 3.05) is 0 Å². The molecule has 0 saturated carbocycles. The number of hydrogen-bond acceptors (Lipinski definition) is 1. The predicted molar refractivity (Wildman–Crippen MR) is 37.2 cm³/mol. The molecule has 0 atom stereocenters. The maximum absolute atomic E-state index is 9.43. The van der Waals surface area contributed by atoms with Gasteiger partial charge in [-0.1, -0.05) is 18.7 Å². The second-order valence-electron chi connectivity index (χ2n) is 0.757. The van der Waals surface area contributed by atoms with E-state index in [9.17, 15) is 4.79 Å². The number of carbonyl (C=O) groups is 1. The molecule has 70 valence electrons. The number of carbonyl (C=O) groups excluding carboxylic acids is 1. The van der Waals surface area contributed by atoms with E-state index in [-0.39, 0.29) is 17.1 Å². The Morgan fingerprint density at radius 3 is 1.31 bits per heavy atom. The topological polar surface area (TPSA) is 76.8 Å². The van der Waals surface area contributed by atoms with Crippen LogP contribution < -0.4 is 0 Å². The van der Waals surface area contributed by atoms with Crippen LogP contribution in [0.25, 0.3) is 0 Å². The third-order valence-electron chi connectivity index (χ3n) is 0.326. The van der Waals surface area contributed by atoms with Crippen molar-refractivity contribution < 1.29 is 35.8 Å². The molecule has 0 unspecified atom stereocenters. The summed E-state index contributed by atoms with van der Waals surface area (Å²) < 4.78 is 22.5. The summed E-state index contributed by atoms with van der Waals surface area (Å²) in [4.78, 5) is 9.43. The first-order valence-electron chi connectivity index (χ1n) is 2.26. The Kier molecular flexibility index (Phi) is 291. The fraction of sp³-hybridized carbons (Fsp3) is 0. The zero-order chi connectivity index (χ0) is 10.8. The summed E-state index contributed by atoms with van der Waals surface area (Å²) in [7, 11) is 0. The molecule has 0 heterocycles. The molecular formula is C8H6FeO4. The van der Waals surface area contributed by atoms with Crippen molar-refractivity contribution in [3.8, 4) is 0 Å². The second-order valence-corrected chi connectivity index (χ2v) is 0.757. The van der Waals surface area contributed by atoms with Gasteiger partial charge in [0, 0.05) is 17.1 Å². The predicted octanol–water partition coefficient (Wildman–Crippen LogP) is 0.812. The Morgan fingerprint density at radius 1 is 0.923 bits per heavy atom. The van der Waals surface area contributed by atoms with Gasteiger partial charge in [-0.3, -0.25) is 4.79 Å². The zero-order valence-corrected chi connectivity index (χ0v) is 7.61. The first-order valence-corrected chi connectivity index (χ1v) is 2.26. The minimum absolute atomic E-state index is 0. The van der Waals surface area contributed by atoms with Crippen molar-refractivity contribution >= 4 is 6.29 Å². The molecule has 0 rings (SSSR count). The summed E-state index contributed by atoms with van der Waals surface area (Å²) in [6, 6.07) is 0. The summed E-state index contributed by atoms with van der Waals surface area (Å²) in [5.41, 5.74) is 0. The van der Waals surface area contributed by atoms with Crippen molar-refractivity contribution in [3.05, 3.63) is 44.8 Å². The second kappa shape index (κ2) is 128. The fourth-order valence-electron chi connectivity index (χ4n) is 0.124. The third kappa shape index (κ3) is 241. The minimum Gasteiger partial charge on any atom is 0 e. The molecule has 0 bridgehead atoms. The Hall–Kier alpha value is -1.11. The largest absolute Gasteiger partial charge is 0 e. The average molecular weight is 222 g/mol. The summed E-state index contributed by atoms with van der Waals surface area (Å²) in [5, 5.41) is 0. The van der Waals surface area contributed by atoms with Crippen LogP contribution in [0, 0.1) is 20.0 Å². The van der Waals surface area contributed by atoms with Crippen molar-refractivity contribution in [1.82, 2.24) is 0 Å². The van der Waals surface area contributed by atoms with E-state index < -0.39 is 0 Å². The maximum atomic E-state index is 9.43. The van der Waals surface area contributed by atoms with Crippen molar-refractivity contribution in [2.24, 2.45) is 0 Å². The molecule has 5 heteroatoms. The molecule has 0 aliphatic carbocycles. The van der Waals surface area contributed by atoms with Gasteiger partial charge in [-0.05, 0) is 6.08 Å². The number of rotatable bonds is 2. The molecule has 0 radical (unpaired) electrons. The van der Waals surface area contributed by atoms with Gasteiger partial charge in [0.2, 0.25) is 0 Å². The number of allylic oxidation sites excluding steroid dienone is 3. The van der Waals surface area contributed by atoms with E-state index in [1.54, 1.807) is 12.2 Å². The van der Waals surface area contributed by atoms with Gasteiger partial charge < -0.3 is 0 Å². The molecular weight excluding hydrogens is 216 g/mol. The first kappa shape index (κ1) is 29.7. The van der Waals surface area contributed by atoms with Crippen LogP contribution in [0.2, 0.25) is 0 Å². The summed E-state index contributed by atoms with van der Waals surface area (Å²) >= 11 is 0. The quantitative estimate of drug-likeness (QED) is 0.170. The Bertz CT molecular complexity index is 142. The molecule has 0 amide bonds. The first-order chi connectivity index (χ1) is 5.91. The average Bonchev–Trinajstić information content (AvgIpc) is 2.24. The molecule has 13 heavy (non-hydrogen) atoms. The molecule has 0 N–H and O–H groups in total. The van der Waals surface area contributed by atoms with E-state index in [0.29, 0.717) is 6.29 Å². The molecule has 0 saturated heterocycles. The Balaban J connectivity index is -0.0000000263. The van der Waals surface area contributed by atoms with E-state index in [4.69, 9.17) is 14.0 Å². The molecule has 0 aromatic rings. The molecule has 0 aliphatic heterocycles. The fourth-order valence-corrected chi connectivity index (χ4v) is 0.124. The van der Waals surface area contributed by atoms with Crippen LogP contribution >= 0.6 is 0 Å². The van der Waals surface area contributed by atoms with Gasteiger partial charge >= 0.3 is 33.9 Å². The maximum Gasteiger partial charge on any atom is 0 e. The van der Waals surface area contributed by atoms with Gasteiger partial charge in [0.15, 0.2) is 0 Å². The Labute approximate surface area is 87.3 Å². The van der Waals surface area contributed by atoms with E-state index in [0.717, 1.165) is 0 Å². The van der Waals surface area contributed by atoms with Gasteiger partial charge in [-0.2, -0.15) is 0 Å². The van der Waals surface area contributed by atoms with Gasteiger partial charge in [0.25, 0.3) is 0 Å². The molecule has 0 fully saturated rings. The SMILES string of the molecule is C=C/C=C/C=O.[C-]#[O+].[C-]#[O+].[C-]#[O+].[Fe]. The van der Waals surface area contributed by atoms with Gasteiger partial charge in [0.1, 0.15) is 6.29 Å². The molecule has 0 aromatic heterocycles. The van der Waals surface area contributed by atoms with Gasteiger partial charge in [0.05, 0.1) is 0 Å². The summed E-state index contributed by atoms with van der Waals surface area (Å²) in [6.45, 7) is 16.9. The monoisotopic (exact) mass is 222 g/mol. The molecule has 0 aliphatic rings. The zero-order valence-electron chi connectivity index (χ0n) is 6.50. The van der Waals surface area contributed by atoms with Crippen molar-refractivity contribution in [3.63, 3.8) is 0 Å². The van der Waals surface area contributed by atoms with Crippen LogP contribution in [-0.4, -0.2) is 6.29 Å². The summed E-state index contributed by atoms with van der Waals surface area (Å²) in [6.07, 6.45) is 5.22. The van der Waals surface area contributed by atoms with Crippen LogP contribution in [0.5, 0.6) is 0 Å². The van der Waals surface area contributed by atoms with Crippen molar-refractivity contribution in [1.29, 1.82) is 0 Å². The van der Waals surface area contributed by atoms with E-state index in [1.807, 2.05) is 0 Å². The van der Waals surface area contributed by atoms with Crippen LogP contribution in [0.3, 0.4) is 0 Å². The number of hydrogen-bond donors (Lipinski definition) is 0. The molecule has 0 spiro atoms. The van der Waals surface area contributed by atoms with Crippen LogP contribution in [0.4, 0.5) is 0 Å². The van der Waals surface area contributed by atoms with E-state index >= 15 is 0 Å². The normalized spacial score (nSPS) is 4.46. The Morgan fingerprint density at radius 2 is 1.23 bits per heavy atom. The number of aldehydes is 1.